The van der Waals surface area contributed by atoms with Crippen LogP contribution in [0.15, 0.2) is 27.6 Å². The number of benzene rings is 1. The highest BCUT2D eigenvalue weighted by Crippen LogP contribution is 2.60. The van der Waals surface area contributed by atoms with Crippen molar-refractivity contribution >= 4 is 15.7 Å². The Morgan fingerprint density at radius 2 is 2.00 bits per heavy atom. The molecule has 3 aliphatic rings. The maximum absolute atomic E-state index is 13.7. The molecule has 13 heteroatoms. The highest BCUT2D eigenvalue weighted by Gasteiger charge is 2.66. The Bertz CT molecular complexity index is 1310. The minimum Gasteiger partial charge on any atom is -0.484 e. The lowest BCUT2D eigenvalue weighted by Gasteiger charge is -2.25. The van der Waals surface area contributed by atoms with E-state index in [1.54, 1.807) is 0 Å². The molecule has 4 atom stereocenters. The van der Waals surface area contributed by atoms with Gasteiger partial charge in [0.15, 0.2) is 21.8 Å². The first-order valence-electron chi connectivity index (χ1n) is 11.0. The summed E-state index contributed by atoms with van der Waals surface area (Å²) in [5, 5.41) is 3.89. The number of alkyl halides is 4. The quantitative estimate of drug-likeness (QED) is 0.519. The van der Waals surface area contributed by atoms with E-state index in [1.165, 1.54) is 17.0 Å². The van der Waals surface area contributed by atoms with Gasteiger partial charge in [-0.25, -0.2) is 26.0 Å². The number of aromatic nitrogens is 2. The normalized spacial score (nSPS) is 27.9. The molecule has 2 heterocycles. The monoisotopic (exact) mass is 517 g/mol. The van der Waals surface area contributed by atoms with Gasteiger partial charge in [-0.05, 0) is 37.5 Å². The van der Waals surface area contributed by atoms with Crippen LogP contribution < -0.4 is 4.74 Å². The first-order chi connectivity index (χ1) is 16.1. The van der Waals surface area contributed by atoms with E-state index in [1.807, 2.05) is 0 Å². The highest BCUT2D eigenvalue weighted by molar-refractivity contribution is 7.90. The van der Waals surface area contributed by atoms with Crippen molar-refractivity contribution in [3.8, 4) is 5.75 Å². The van der Waals surface area contributed by atoms with E-state index < -0.39 is 45.0 Å². The molecule has 8 nitrogen and oxygen atoms in total. The molecule has 1 saturated heterocycles. The fourth-order valence-electron chi connectivity index (χ4n) is 4.52. The van der Waals surface area contributed by atoms with E-state index in [0.717, 1.165) is 19.2 Å². The SMILES string of the molecule is C[C@@H](Oc1ccc(S(C)(=O)=O)cc1C(=O)N1CC2CC2(c2noc(C3CC3(F)F)n2)C1)C(C)(F)F. The minimum atomic E-state index is -3.69. The molecule has 1 aliphatic heterocycles. The molecule has 190 valence electrons. The predicted molar refractivity (Wildman–Crippen MR) is 113 cm³/mol. The lowest BCUT2D eigenvalue weighted by atomic mass is 10.1. The van der Waals surface area contributed by atoms with Gasteiger partial charge in [0.05, 0.1) is 15.9 Å². The minimum absolute atomic E-state index is 0.0297. The fourth-order valence-corrected chi connectivity index (χ4v) is 5.17. The Morgan fingerprint density at radius 1 is 1.31 bits per heavy atom. The van der Waals surface area contributed by atoms with E-state index in [0.29, 0.717) is 13.3 Å². The van der Waals surface area contributed by atoms with Crippen LogP contribution in [0.5, 0.6) is 5.75 Å². The summed E-state index contributed by atoms with van der Waals surface area (Å²) >= 11 is 0. The number of likely N-dealkylation sites (tertiary alicyclic amines) is 1. The molecule has 1 aromatic heterocycles. The van der Waals surface area contributed by atoms with Gasteiger partial charge < -0.3 is 14.2 Å². The lowest BCUT2D eigenvalue weighted by molar-refractivity contribution is -0.0720. The summed E-state index contributed by atoms with van der Waals surface area (Å²) in [5.74, 6) is -7.80. The van der Waals surface area contributed by atoms with Gasteiger partial charge in [0.2, 0.25) is 5.89 Å². The zero-order valence-corrected chi connectivity index (χ0v) is 19.9. The third kappa shape index (κ3) is 4.17. The zero-order valence-electron chi connectivity index (χ0n) is 19.1. The van der Waals surface area contributed by atoms with E-state index in [9.17, 15) is 30.8 Å². The van der Waals surface area contributed by atoms with Gasteiger partial charge in [-0.2, -0.15) is 4.98 Å². The molecular weight excluding hydrogens is 494 g/mol. The standard InChI is InChI=1S/C22H23F4N3O5S/c1-11(20(2,23)24)33-16-5-4-13(35(3,31)32)6-14(16)18(30)29-9-12-7-21(12,10-29)19-27-17(34-28-19)15-8-22(15,25)26/h4-6,11-12,15H,7-10H2,1-3H3/t11-,12?,15?,21?/m1/s1. The second-order valence-electron chi connectivity index (χ2n) is 9.86. The second-order valence-corrected chi connectivity index (χ2v) is 11.9. The second kappa shape index (κ2) is 7.40. The van der Waals surface area contributed by atoms with Crippen LogP contribution in [-0.2, 0) is 15.3 Å². The Labute approximate surface area is 198 Å². The highest BCUT2D eigenvalue weighted by atomic mass is 32.2. The number of hydrogen-bond acceptors (Lipinski definition) is 7. The molecule has 3 unspecified atom stereocenters. The number of piperidine rings is 1. The third-order valence-corrected chi connectivity index (χ3v) is 8.18. The van der Waals surface area contributed by atoms with Gasteiger partial charge in [-0.15, -0.1) is 0 Å². The van der Waals surface area contributed by atoms with Crippen molar-refractivity contribution in [2.45, 2.75) is 60.9 Å². The Hall–Kier alpha value is -2.70. The summed E-state index contributed by atoms with van der Waals surface area (Å²) < 4.78 is 88.7. The summed E-state index contributed by atoms with van der Waals surface area (Å²) in [6.07, 6.45) is -0.306. The maximum Gasteiger partial charge on any atom is 0.281 e. The number of ether oxygens (including phenoxy) is 1. The van der Waals surface area contributed by atoms with Crippen molar-refractivity contribution in [2.75, 3.05) is 19.3 Å². The summed E-state index contributed by atoms with van der Waals surface area (Å²) in [6, 6.07) is 3.50. The van der Waals surface area contributed by atoms with Gasteiger partial charge in [0.1, 0.15) is 11.7 Å². The Balaban J connectivity index is 1.40. The van der Waals surface area contributed by atoms with Crippen LogP contribution in [0.1, 0.15) is 54.7 Å². The molecule has 0 N–H and O–H groups in total. The van der Waals surface area contributed by atoms with Crippen molar-refractivity contribution in [1.82, 2.24) is 15.0 Å². The van der Waals surface area contributed by atoms with Gasteiger partial charge in [0, 0.05) is 32.7 Å². The van der Waals surface area contributed by atoms with Crippen molar-refractivity contribution in [3.05, 3.63) is 35.5 Å². The topological polar surface area (TPSA) is 103 Å². The molecule has 1 amide bonds. The van der Waals surface area contributed by atoms with Gasteiger partial charge in [-0.3, -0.25) is 4.79 Å². The molecule has 2 aliphatic carbocycles. The zero-order chi connectivity index (χ0) is 25.6. The fraction of sp³-hybridized carbons (Fsp3) is 0.591. The van der Waals surface area contributed by atoms with Crippen LogP contribution in [0.4, 0.5) is 17.6 Å². The molecule has 1 aromatic carbocycles. The summed E-state index contributed by atoms with van der Waals surface area (Å²) in [5.41, 5.74) is -0.798. The number of amides is 1. The molecule has 35 heavy (non-hydrogen) atoms. The first-order valence-corrected chi connectivity index (χ1v) is 12.9. The summed E-state index contributed by atoms with van der Waals surface area (Å²) in [4.78, 5) is 18.9. The summed E-state index contributed by atoms with van der Waals surface area (Å²) in [7, 11) is -3.69. The number of fused-ring (bicyclic) bond motifs is 1. The average Bonchev–Trinajstić information content (AvgIpc) is 3.43. The summed E-state index contributed by atoms with van der Waals surface area (Å²) in [6.45, 7) is 2.26. The Kier molecular flexibility index (Phi) is 5.08. The van der Waals surface area contributed by atoms with Crippen LogP contribution >= 0.6 is 0 Å². The van der Waals surface area contributed by atoms with Crippen LogP contribution in [0, 0.1) is 5.92 Å². The first kappa shape index (κ1) is 24.0. The largest absolute Gasteiger partial charge is 0.484 e. The van der Waals surface area contributed by atoms with Crippen LogP contribution in [0.2, 0.25) is 0 Å². The number of halogens is 4. The molecule has 3 fully saturated rings. The van der Waals surface area contributed by atoms with Crippen LogP contribution in [-0.4, -0.2) is 66.7 Å². The van der Waals surface area contributed by atoms with E-state index in [4.69, 9.17) is 9.26 Å². The van der Waals surface area contributed by atoms with Crippen molar-refractivity contribution in [3.63, 3.8) is 0 Å². The van der Waals surface area contributed by atoms with E-state index >= 15 is 0 Å². The van der Waals surface area contributed by atoms with E-state index in [2.05, 4.69) is 10.1 Å². The number of carbonyl (C=O) groups is 1. The molecule has 0 radical (unpaired) electrons. The third-order valence-electron chi connectivity index (χ3n) is 7.07. The van der Waals surface area contributed by atoms with Crippen molar-refractivity contribution in [1.29, 1.82) is 0 Å². The average molecular weight is 518 g/mol. The smallest absolute Gasteiger partial charge is 0.281 e. The molecular formula is C22H23F4N3O5S. The number of carbonyl (C=O) groups excluding carboxylic acids is 1. The number of rotatable bonds is 7. The van der Waals surface area contributed by atoms with E-state index in [-0.39, 0.29) is 53.4 Å². The number of nitrogens with zero attached hydrogens (tertiary/aromatic N) is 3. The van der Waals surface area contributed by atoms with Crippen LogP contribution in [0.25, 0.3) is 0 Å². The number of hydrogen-bond donors (Lipinski definition) is 0. The van der Waals surface area contributed by atoms with Crippen molar-refractivity contribution in [2.24, 2.45) is 5.92 Å². The lowest BCUT2D eigenvalue weighted by Crippen LogP contribution is -2.35. The molecule has 2 aromatic rings. The van der Waals surface area contributed by atoms with Crippen LogP contribution in [0.3, 0.4) is 0 Å². The van der Waals surface area contributed by atoms with Gasteiger partial charge in [-0.1, -0.05) is 5.16 Å². The van der Waals surface area contributed by atoms with Crippen molar-refractivity contribution < 1.29 is 40.0 Å². The Morgan fingerprint density at radius 3 is 2.60 bits per heavy atom. The maximum atomic E-state index is 13.7. The number of sulfone groups is 1. The molecule has 2 saturated carbocycles. The molecule has 0 spiro atoms. The predicted octanol–water partition coefficient (Wildman–Crippen LogP) is 3.43. The van der Waals surface area contributed by atoms with Gasteiger partial charge in [0.25, 0.3) is 17.8 Å². The van der Waals surface area contributed by atoms with Gasteiger partial charge >= 0.3 is 0 Å². The molecule has 5 rings (SSSR count). The molecule has 0 bridgehead atoms.